The van der Waals surface area contributed by atoms with Crippen molar-refractivity contribution >= 4 is 27.3 Å². The Kier molecular flexibility index (Phi) is 4.86. The summed E-state index contributed by atoms with van der Waals surface area (Å²) in [5, 5.41) is 6.39. The molecule has 0 aliphatic carbocycles. The van der Waals surface area contributed by atoms with Crippen molar-refractivity contribution in [2.45, 2.75) is 19.4 Å². The van der Waals surface area contributed by atoms with E-state index >= 15 is 0 Å². The van der Waals surface area contributed by atoms with Crippen molar-refractivity contribution in [3.8, 4) is 0 Å². The molecule has 0 fully saturated rings. The Labute approximate surface area is 118 Å². The zero-order valence-electron chi connectivity index (χ0n) is 9.99. The molecular formula is C13H14BrFN2S. The van der Waals surface area contributed by atoms with E-state index in [1.807, 2.05) is 12.3 Å². The first-order valence-corrected chi connectivity index (χ1v) is 7.44. The fraction of sp³-hybridized carbons (Fsp3) is 0.308. The zero-order chi connectivity index (χ0) is 13.0. The first kappa shape index (κ1) is 13.6. The highest BCUT2D eigenvalue weighted by Gasteiger charge is 2.16. The van der Waals surface area contributed by atoms with E-state index in [9.17, 15) is 4.39 Å². The number of halogens is 2. The molecule has 1 N–H and O–H groups in total. The molecule has 2 aromatic rings. The lowest BCUT2D eigenvalue weighted by Crippen LogP contribution is -2.23. The Morgan fingerprint density at radius 1 is 1.50 bits per heavy atom. The van der Waals surface area contributed by atoms with Crippen LogP contribution in [0.3, 0.4) is 0 Å². The number of hydrogen-bond acceptors (Lipinski definition) is 3. The van der Waals surface area contributed by atoms with Crippen molar-refractivity contribution < 1.29 is 4.39 Å². The fourth-order valence-electron chi connectivity index (χ4n) is 1.85. The van der Waals surface area contributed by atoms with Gasteiger partial charge in [-0.05, 0) is 30.3 Å². The number of nitrogens with one attached hydrogen (secondary N) is 1. The summed E-state index contributed by atoms with van der Waals surface area (Å²) >= 11 is 5.10. The smallest absolute Gasteiger partial charge is 0.123 e. The van der Waals surface area contributed by atoms with E-state index in [-0.39, 0.29) is 11.9 Å². The van der Waals surface area contributed by atoms with Gasteiger partial charge in [0.25, 0.3) is 0 Å². The SMILES string of the molecule is CCNC(Cc1nccs1)c1cc(F)ccc1Br. The third-order valence-electron chi connectivity index (χ3n) is 2.65. The largest absolute Gasteiger partial charge is 0.310 e. The molecule has 5 heteroatoms. The van der Waals surface area contributed by atoms with Gasteiger partial charge in [0, 0.05) is 28.5 Å². The topological polar surface area (TPSA) is 24.9 Å². The predicted octanol–water partition coefficient (Wildman–Crippen LogP) is 3.94. The Morgan fingerprint density at radius 2 is 2.33 bits per heavy atom. The number of thiazole rings is 1. The van der Waals surface area contributed by atoms with E-state index in [0.29, 0.717) is 0 Å². The van der Waals surface area contributed by atoms with Gasteiger partial charge < -0.3 is 5.32 Å². The van der Waals surface area contributed by atoms with Gasteiger partial charge in [0.15, 0.2) is 0 Å². The van der Waals surface area contributed by atoms with Gasteiger partial charge in [0.1, 0.15) is 5.82 Å². The summed E-state index contributed by atoms with van der Waals surface area (Å²) in [5.74, 6) is -0.213. The highest BCUT2D eigenvalue weighted by molar-refractivity contribution is 9.10. The Morgan fingerprint density at radius 3 is 3.00 bits per heavy atom. The molecule has 1 aromatic heterocycles. The fourth-order valence-corrected chi connectivity index (χ4v) is 3.03. The molecule has 0 amide bonds. The minimum atomic E-state index is -0.213. The van der Waals surface area contributed by atoms with Crippen LogP contribution >= 0.6 is 27.3 Å². The number of hydrogen-bond donors (Lipinski definition) is 1. The van der Waals surface area contributed by atoms with Gasteiger partial charge in [-0.1, -0.05) is 22.9 Å². The highest BCUT2D eigenvalue weighted by atomic mass is 79.9. The summed E-state index contributed by atoms with van der Waals surface area (Å²) in [5.41, 5.74) is 0.937. The van der Waals surface area contributed by atoms with Crippen LogP contribution in [0.15, 0.2) is 34.2 Å². The second-order valence-corrected chi connectivity index (χ2v) is 5.74. The molecule has 1 heterocycles. The summed E-state index contributed by atoms with van der Waals surface area (Å²) in [4.78, 5) is 4.29. The molecule has 0 saturated heterocycles. The van der Waals surface area contributed by atoms with Crippen molar-refractivity contribution in [1.29, 1.82) is 0 Å². The molecule has 96 valence electrons. The van der Waals surface area contributed by atoms with Crippen molar-refractivity contribution in [3.05, 3.63) is 50.6 Å². The first-order valence-electron chi connectivity index (χ1n) is 5.77. The van der Waals surface area contributed by atoms with Gasteiger partial charge in [0.05, 0.1) is 5.01 Å². The molecule has 1 aromatic carbocycles. The van der Waals surface area contributed by atoms with Crippen LogP contribution in [0.1, 0.15) is 23.5 Å². The van der Waals surface area contributed by atoms with Crippen LogP contribution in [0.25, 0.3) is 0 Å². The molecule has 0 radical (unpaired) electrons. The third-order valence-corrected chi connectivity index (χ3v) is 4.17. The Balaban J connectivity index is 2.26. The van der Waals surface area contributed by atoms with Crippen LogP contribution in [0, 0.1) is 5.82 Å². The molecule has 2 nitrogen and oxygen atoms in total. The molecule has 0 saturated carbocycles. The van der Waals surface area contributed by atoms with Crippen LogP contribution in [0.2, 0.25) is 0 Å². The summed E-state index contributed by atoms with van der Waals surface area (Å²) in [6.07, 6.45) is 2.57. The molecule has 18 heavy (non-hydrogen) atoms. The molecule has 0 bridgehead atoms. The van der Waals surface area contributed by atoms with E-state index in [1.54, 1.807) is 29.7 Å². The van der Waals surface area contributed by atoms with Crippen molar-refractivity contribution in [1.82, 2.24) is 10.3 Å². The predicted molar refractivity (Wildman–Crippen MR) is 76.3 cm³/mol. The van der Waals surface area contributed by atoms with E-state index in [0.717, 1.165) is 28.0 Å². The van der Waals surface area contributed by atoms with Crippen LogP contribution in [-0.4, -0.2) is 11.5 Å². The van der Waals surface area contributed by atoms with Crippen molar-refractivity contribution in [2.24, 2.45) is 0 Å². The van der Waals surface area contributed by atoms with Crippen LogP contribution < -0.4 is 5.32 Å². The van der Waals surface area contributed by atoms with Crippen LogP contribution in [0.4, 0.5) is 4.39 Å². The Hall–Kier alpha value is -0.780. The van der Waals surface area contributed by atoms with Gasteiger partial charge in [-0.3, -0.25) is 0 Å². The standard InChI is InChI=1S/C13H14BrFN2S/c1-2-16-12(8-13-17-5-6-18-13)10-7-9(15)3-4-11(10)14/h3-7,12,16H,2,8H2,1H3. The lowest BCUT2D eigenvalue weighted by Gasteiger charge is -2.18. The van der Waals surface area contributed by atoms with Crippen molar-refractivity contribution in [3.63, 3.8) is 0 Å². The third kappa shape index (κ3) is 3.37. The van der Waals surface area contributed by atoms with E-state index < -0.39 is 0 Å². The quantitative estimate of drug-likeness (QED) is 0.899. The molecular weight excluding hydrogens is 315 g/mol. The van der Waals surface area contributed by atoms with Crippen LogP contribution in [0.5, 0.6) is 0 Å². The van der Waals surface area contributed by atoms with E-state index in [2.05, 4.69) is 26.2 Å². The van der Waals surface area contributed by atoms with Gasteiger partial charge >= 0.3 is 0 Å². The van der Waals surface area contributed by atoms with Gasteiger partial charge in [-0.15, -0.1) is 11.3 Å². The maximum absolute atomic E-state index is 13.4. The number of likely N-dealkylation sites (N-methyl/N-ethyl adjacent to an activating group) is 1. The average Bonchev–Trinajstić information content (AvgIpc) is 2.85. The summed E-state index contributed by atoms with van der Waals surface area (Å²) in [7, 11) is 0. The number of aromatic nitrogens is 1. The Bertz CT molecular complexity index is 502. The number of rotatable bonds is 5. The van der Waals surface area contributed by atoms with Gasteiger partial charge in [-0.2, -0.15) is 0 Å². The normalized spacial score (nSPS) is 12.6. The molecule has 0 aliphatic rings. The lowest BCUT2D eigenvalue weighted by molar-refractivity contribution is 0.539. The minimum absolute atomic E-state index is 0.0752. The molecule has 0 spiro atoms. The second kappa shape index (κ2) is 6.41. The van der Waals surface area contributed by atoms with Gasteiger partial charge in [0.2, 0.25) is 0 Å². The zero-order valence-corrected chi connectivity index (χ0v) is 12.4. The maximum atomic E-state index is 13.4. The number of nitrogens with zero attached hydrogens (tertiary/aromatic N) is 1. The highest BCUT2D eigenvalue weighted by Crippen LogP contribution is 2.27. The lowest BCUT2D eigenvalue weighted by atomic mass is 10.0. The molecule has 0 aliphatic heterocycles. The minimum Gasteiger partial charge on any atom is -0.310 e. The summed E-state index contributed by atoms with van der Waals surface area (Å²) in [6, 6.07) is 4.85. The average molecular weight is 329 g/mol. The molecule has 1 atom stereocenters. The van der Waals surface area contributed by atoms with Crippen molar-refractivity contribution in [2.75, 3.05) is 6.54 Å². The summed E-state index contributed by atoms with van der Waals surface area (Å²) < 4.78 is 14.3. The van der Waals surface area contributed by atoms with E-state index in [4.69, 9.17) is 0 Å². The second-order valence-electron chi connectivity index (χ2n) is 3.91. The number of benzene rings is 1. The van der Waals surface area contributed by atoms with Gasteiger partial charge in [-0.25, -0.2) is 9.37 Å². The first-order chi connectivity index (χ1) is 8.70. The monoisotopic (exact) mass is 328 g/mol. The summed E-state index contributed by atoms with van der Waals surface area (Å²) in [6.45, 7) is 2.88. The molecule has 2 rings (SSSR count). The maximum Gasteiger partial charge on any atom is 0.123 e. The van der Waals surface area contributed by atoms with Crippen LogP contribution in [-0.2, 0) is 6.42 Å². The van der Waals surface area contributed by atoms with E-state index in [1.165, 1.54) is 6.07 Å². The molecule has 1 unspecified atom stereocenters.